The lowest BCUT2D eigenvalue weighted by molar-refractivity contribution is 0.437. The van der Waals surface area contributed by atoms with Crippen LogP contribution in [0.1, 0.15) is 39.5 Å². The Balaban J connectivity index is 0. The molecule has 17 heavy (non-hydrogen) atoms. The highest BCUT2D eigenvalue weighted by Gasteiger charge is 2.20. The Hall–Kier alpha value is 0.120. The van der Waals surface area contributed by atoms with Crippen molar-refractivity contribution >= 4 is 22.6 Å². The highest BCUT2D eigenvalue weighted by molar-refractivity contribution is 7.87. The minimum atomic E-state index is -3.36. The molecule has 1 atom stereocenters. The molecule has 0 aliphatic heterocycles. The fraction of sp³-hybridized carbons (Fsp3) is 1.00. The lowest BCUT2D eigenvalue weighted by Gasteiger charge is -2.22. The van der Waals surface area contributed by atoms with Gasteiger partial charge in [0.1, 0.15) is 0 Å². The standard InChI is InChI=1S/C10H25N3O2S.ClH/c1-4-6-7-10(9-11)12-16(14,15)13(3)8-5-2;/h10,12H,4-9,11H2,1-3H3;1H. The first-order chi connectivity index (χ1) is 7.47. The predicted octanol–water partition coefficient (Wildman–Crippen LogP) is 1.10. The summed E-state index contributed by atoms with van der Waals surface area (Å²) in [5.41, 5.74) is 5.55. The van der Waals surface area contributed by atoms with Gasteiger partial charge in [0.2, 0.25) is 0 Å². The number of nitrogens with two attached hydrogens (primary N) is 1. The summed E-state index contributed by atoms with van der Waals surface area (Å²) < 4.78 is 27.6. The van der Waals surface area contributed by atoms with E-state index in [1.165, 1.54) is 4.31 Å². The Labute approximate surface area is 112 Å². The van der Waals surface area contributed by atoms with Crippen LogP contribution in [0, 0.1) is 0 Å². The second kappa shape index (κ2) is 10.1. The van der Waals surface area contributed by atoms with Crippen LogP contribution in [0.2, 0.25) is 0 Å². The minimum Gasteiger partial charge on any atom is -0.329 e. The Morgan fingerprint density at radius 3 is 2.29 bits per heavy atom. The number of halogens is 1. The monoisotopic (exact) mass is 287 g/mol. The largest absolute Gasteiger partial charge is 0.329 e. The fourth-order valence-electron chi connectivity index (χ4n) is 1.41. The quantitative estimate of drug-likeness (QED) is 0.667. The molecule has 0 aromatic heterocycles. The molecule has 1 unspecified atom stereocenters. The third-order valence-electron chi connectivity index (χ3n) is 2.46. The van der Waals surface area contributed by atoms with Crippen LogP contribution in [0.4, 0.5) is 0 Å². The fourth-order valence-corrected chi connectivity index (χ4v) is 2.65. The Bertz CT molecular complexity index is 273. The summed E-state index contributed by atoms with van der Waals surface area (Å²) in [5, 5.41) is 0. The second-order valence-electron chi connectivity index (χ2n) is 4.02. The lowest BCUT2D eigenvalue weighted by atomic mass is 10.1. The third kappa shape index (κ3) is 7.94. The van der Waals surface area contributed by atoms with Crippen molar-refractivity contribution < 1.29 is 8.42 Å². The average Bonchev–Trinajstić information content (AvgIpc) is 2.24. The maximum Gasteiger partial charge on any atom is 0.279 e. The second-order valence-corrected chi connectivity index (χ2v) is 5.83. The molecule has 0 spiro atoms. The van der Waals surface area contributed by atoms with Gasteiger partial charge in [-0.3, -0.25) is 0 Å². The van der Waals surface area contributed by atoms with E-state index in [2.05, 4.69) is 11.6 Å². The van der Waals surface area contributed by atoms with E-state index in [-0.39, 0.29) is 18.4 Å². The number of hydrogen-bond donors (Lipinski definition) is 2. The van der Waals surface area contributed by atoms with Gasteiger partial charge in [-0.15, -0.1) is 12.4 Å². The van der Waals surface area contributed by atoms with Crippen molar-refractivity contribution in [2.24, 2.45) is 5.73 Å². The molecule has 0 bridgehead atoms. The molecule has 0 saturated carbocycles. The maximum atomic E-state index is 11.8. The first kappa shape index (κ1) is 19.5. The van der Waals surface area contributed by atoms with E-state index < -0.39 is 10.2 Å². The van der Waals surface area contributed by atoms with Crippen LogP contribution in [0.5, 0.6) is 0 Å². The Kier molecular flexibility index (Phi) is 11.5. The molecule has 106 valence electrons. The zero-order chi connectivity index (χ0) is 12.6. The van der Waals surface area contributed by atoms with Crippen LogP contribution < -0.4 is 10.5 Å². The smallest absolute Gasteiger partial charge is 0.279 e. The molecular weight excluding hydrogens is 262 g/mol. The lowest BCUT2D eigenvalue weighted by Crippen LogP contribution is -2.46. The average molecular weight is 288 g/mol. The Morgan fingerprint density at radius 2 is 1.88 bits per heavy atom. The third-order valence-corrected chi connectivity index (χ3v) is 4.09. The van der Waals surface area contributed by atoms with Gasteiger partial charge in [0.15, 0.2) is 0 Å². The molecule has 0 amide bonds. The van der Waals surface area contributed by atoms with Gasteiger partial charge in [0.05, 0.1) is 0 Å². The topological polar surface area (TPSA) is 75.4 Å². The first-order valence-electron chi connectivity index (χ1n) is 5.91. The van der Waals surface area contributed by atoms with Crippen LogP contribution >= 0.6 is 12.4 Å². The van der Waals surface area contributed by atoms with E-state index in [1.807, 2.05) is 6.92 Å². The number of unbranched alkanes of at least 4 members (excludes halogenated alkanes) is 1. The van der Waals surface area contributed by atoms with E-state index in [4.69, 9.17) is 5.73 Å². The van der Waals surface area contributed by atoms with Crippen molar-refractivity contribution in [1.82, 2.24) is 9.03 Å². The van der Waals surface area contributed by atoms with Crippen molar-refractivity contribution in [3.05, 3.63) is 0 Å². The number of rotatable bonds is 9. The van der Waals surface area contributed by atoms with Gasteiger partial charge >= 0.3 is 0 Å². The summed E-state index contributed by atoms with van der Waals surface area (Å²) in [7, 11) is -1.78. The van der Waals surface area contributed by atoms with Crippen molar-refractivity contribution in [1.29, 1.82) is 0 Å². The van der Waals surface area contributed by atoms with E-state index in [9.17, 15) is 8.42 Å². The van der Waals surface area contributed by atoms with Gasteiger partial charge in [-0.1, -0.05) is 26.7 Å². The van der Waals surface area contributed by atoms with Gasteiger partial charge in [-0.2, -0.15) is 17.4 Å². The summed E-state index contributed by atoms with van der Waals surface area (Å²) in [5.74, 6) is 0. The zero-order valence-corrected chi connectivity index (χ0v) is 12.6. The van der Waals surface area contributed by atoms with Gasteiger partial charge in [0.25, 0.3) is 10.2 Å². The summed E-state index contributed by atoms with van der Waals surface area (Å²) in [4.78, 5) is 0. The van der Waals surface area contributed by atoms with Crippen molar-refractivity contribution in [2.45, 2.75) is 45.6 Å². The molecule has 3 N–H and O–H groups in total. The molecule has 0 aliphatic rings. The molecule has 0 aliphatic carbocycles. The molecule has 0 saturated heterocycles. The number of hydrogen-bond acceptors (Lipinski definition) is 3. The highest BCUT2D eigenvalue weighted by Crippen LogP contribution is 2.03. The van der Waals surface area contributed by atoms with Crippen molar-refractivity contribution in [3.8, 4) is 0 Å². The highest BCUT2D eigenvalue weighted by atomic mass is 35.5. The molecule has 5 nitrogen and oxygen atoms in total. The van der Waals surface area contributed by atoms with Gasteiger partial charge in [-0.25, -0.2) is 0 Å². The molecule has 0 aromatic carbocycles. The molecule has 7 heteroatoms. The summed E-state index contributed by atoms with van der Waals surface area (Å²) in [6, 6.07) is -0.149. The van der Waals surface area contributed by atoms with Crippen LogP contribution in [0.3, 0.4) is 0 Å². The van der Waals surface area contributed by atoms with E-state index in [1.54, 1.807) is 7.05 Å². The summed E-state index contributed by atoms with van der Waals surface area (Å²) in [6.07, 6.45) is 3.64. The SMILES string of the molecule is CCCCC(CN)NS(=O)(=O)N(C)CCC.Cl. The normalized spacial score (nSPS) is 13.5. The van der Waals surface area contributed by atoms with E-state index in [0.29, 0.717) is 13.1 Å². The van der Waals surface area contributed by atoms with Gasteiger partial charge in [0, 0.05) is 26.2 Å². The summed E-state index contributed by atoms with van der Waals surface area (Å²) in [6.45, 7) is 4.90. The van der Waals surface area contributed by atoms with Crippen LogP contribution in [-0.2, 0) is 10.2 Å². The van der Waals surface area contributed by atoms with Crippen LogP contribution in [-0.4, -0.2) is 38.9 Å². The molecular formula is C10H26ClN3O2S. The molecule has 0 fully saturated rings. The number of nitrogens with zero attached hydrogens (tertiary/aromatic N) is 1. The number of nitrogens with one attached hydrogen (secondary N) is 1. The molecule has 0 rings (SSSR count). The first-order valence-corrected chi connectivity index (χ1v) is 7.35. The van der Waals surface area contributed by atoms with Gasteiger partial charge in [-0.05, 0) is 12.8 Å². The van der Waals surface area contributed by atoms with Gasteiger partial charge < -0.3 is 5.73 Å². The van der Waals surface area contributed by atoms with Crippen LogP contribution in [0.15, 0.2) is 0 Å². The van der Waals surface area contributed by atoms with E-state index >= 15 is 0 Å². The van der Waals surface area contributed by atoms with Crippen LogP contribution in [0.25, 0.3) is 0 Å². The zero-order valence-electron chi connectivity index (χ0n) is 11.0. The summed E-state index contributed by atoms with van der Waals surface area (Å²) >= 11 is 0. The predicted molar refractivity (Wildman–Crippen MR) is 74.6 cm³/mol. The molecule has 0 aromatic rings. The van der Waals surface area contributed by atoms with Crippen molar-refractivity contribution in [3.63, 3.8) is 0 Å². The molecule has 0 radical (unpaired) electrons. The Morgan fingerprint density at radius 1 is 1.29 bits per heavy atom. The van der Waals surface area contributed by atoms with E-state index in [0.717, 1.165) is 25.7 Å². The maximum absolute atomic E-state index is 11.8. The minimum absolute atomic E-state index is 0. The molecule has 0 heterocycles. The van der Waals surface area contributed by atoms with Crippen molar-refractivity contribution in [2.75, 3.05) is 20.1 Å².